The molecule has 0 aromatic carbocycles. The van der Waals surface area contributed by atoms with Crippen LogP contribution in [0.25, 0.3) is 0 Å². The highest BCUT2D eigenvalue weighted by Gasteiger charge is 2.29. The number of fused-ring (bicyclic) bond motifs is 1. The zero-order chi connectivity index (χ0) is 12.4. The number of carbonyl (C=O) groups is 1. The van der Waals surface area contributed by atoms with E-state index in [2.05, 4.69) is 18.8 Å². The molecule has 1 aliphatic carbocycles. The number of hydrogen-bond acceptors (Lipinski definition) is 4. The molecule has 94 valence electrons. The van der Waals surface area contributed by atoms with E-state index in [0.29, 0.717) is 18.9 Å². The number of rotatable bonds is 3. The molecule has 1 aliphatic rings. The first-order valence-electron chi connectivity index (χ1n) is 6.27. The molecule has 4 nitrogen and oxygen atoms in total. The number of carbonyl (C=O) groups excluding carboxylic acids is 1. The van der Waals surface area contributed by atoms with Crippen molar-refractivity contribution in [3.8, 4) is 0 Å². The standard InChI is InChI=1S/C13H19NO3/c1-4-16-13(15)9-5-6-10-11(7-9)17-12(14-10)8(2)3/h8-9H,4-7H2,1-3H3. The first-order valence-corrected chi connectivity index (χ1v) is 6.27. The Hall–Kier alpha value is -1.32. The third-order valence-corrected chi connectivity index (χ3v) is 3.07. The molecule has 0 N–H and O–H groups in total. The van der Waals surface area contributed by atoms with Crippen molar-refractivity contribution in [2.24, 2.45) is 5.92 Å². The highest BCUT2D eigenvalue weighted by Crippen LogP contribution is 2.28. The minimum atomic E-state index is -0.111. The van der Waals surface area contributed by atoms with Gasteiger partial charge in [0.25, 0.3) is 0 Å². The number of esters is 1. The molecule has 0 spiro atoms. The second-order valence-corrected chi connectivity index (χ2v) is 4.77. The molecule has 1 unspecified atom stereocenters. The van der Waals surface area contributed by atoms with Crippen LogP contribution in [0.1, 0.15) is 50.5 Å². The monoisotopic (exact) mass is 237 g/mol. The van der Waals surface area contributed by atoms with Crippen molar-refractivity contribution in [2.75, 3.05) is 6.61 Å². The lowest BCUT2D eigenvalue weighted by Gasteiger charge is -2.18. The molecule has 0 bridgehead atoms. The van der Waals surface area contributed by atoms with Gasteiger partial charge in [-0.15, -0.1) is 0 Å². The summed E-state index contributed by atoms with van der Waals surface area (Å²) in [6.45, 7) is 6.38. The van der Waals surface area contributed by atoms with Crippen LogP contribution in [0.2, 0.25) is 0 Å². The molecule has 4 heteroatoms. The normalized spacial score (nSPS) is 19.2. The first kappa shape index (κ1) is 12.1. The van der Waals surface area contributed by atoms with Gasteiger partial charge >= 0.3 is 5.97 Å². The molecule has 0 aliphatic heterocycles. The lowest BCUT2D eigenvalue weighted by Crippen LogP contribution is -2.24. The van der Waals surface area contributed by atoms with Gasteiger partial charge < -0.3 is 9.15 Å². The molecular formula is C13H19NO3. The van der Waals surface area contributed by atoms with E-state index in [0.717, 1.165) is 30.2 Å². The maximum absolute atomic E-state index is 11.7. The van der Waals surface area contributed by atoms with E-state index in [-0.39, 0.29) is 11.9 Å². The summed E-state index contributed by atoms with van der Waals surface area (Å²) in [5.74, 6) is 1.77. The maximum atomic E-state index is 11.7. The third kappa shape index (κ3) is 2.51. The molecule has 17 heavy (non-hydrogen) atoms. The number of nitrogens with zero attached hydrogens (tertiary/aromatic N) is 1. The van der Waals surface area contributed by atoms with Gasteiger partial charge in [-0.1, -0.05) is 13.8 Å². The van der Waals surface area contributed by atoms with Crippen LogP contribution in [-0.4, -0.2) is 17.6 Å². The molecule has 0 amide bonds. The molecule has 1 aromatic rings. The second kappa shape index (κ2) is 4.90. The van der Waals surface area contributed by atoms with Gasteiger partial charge in [0, 0.05) is 12.3 Å². The zero-order valence-corrected chi connectivity index (χ0v) is 10.7. The summed E-state index contributed by atoms with van der Waals surface area (Å²) in [5, 5.41) is 0. The highest BCUT2D eigenvalue weighted by molar-refractivity contribution is 5.73. The van der Waals surface area contributed by atoms with Crippen molar-refractivity contribution < 1.29 is 13.9 Å². The lowest BCUT2D eigenvalue weighted by atomic mass is 9.90. The minimum Gasteiger partial charge on any atom is -0.466 e. The van der Waals surface area contributed by atoms with E-state index < -0.39 is 0 Å². The third-order valence-electron chi connectivity index (χ3n) is 3.07. The number of hydrogen-bond donors (Lipinski definition) is 0. The van der Waals surface area contributed by atoms with Crippen LogP contribution >= 0.6 is 0 Å². The van der Waals surface area contributed by atoms with E-state index in [1.165, 1.54) is 0 Å². The average Bonchev–Trinajstić information content (AvgIpc) is 2.71. The number of oxazole rings is 1. The summed E-state index contributed by atoms with van der Waals surface area (Å²) in [6.07, 6.45) is 2.26. The summed E-state index contributed by atoms with van der Waals surface area (Å²) >= 11 is 0. The Bertz CT molecular complexity index is 409. The number of aryl methyl sites for hydroxylation is 1. The molecular weight excluding hydrogens is 218 g/mol. The summed E-state index contributed by atoms with van der Waals surface area (Å²) in [5.41, 5.74) is 1.02. The van der Waals surface area contributed by atoms with Gasteiger partial charge in [0.05, 0.1) is 18.2 Å². The minimum absolute atomic E-state index is 0.0598. The largest absolute Gasteiger partial charge is 0.466 e. The van der Waals surface area contributed by atoms with Crippen molar-refractivity contribution in [1.82, 2.24) is 4.98 Å². The van der Waals surface area contributed by atoms with Crippen LogP contribution in [0.5, 0.6) is 0 Å². The fraction of sp³-hybridized carbons (Fsp3) is 0.692. The predicted molar refractivity (Wildman–Crippen MR) is 62.7 cm³/mol. The van der Waals surface area contributed by atoms with Gasteiger partial charge in [0.2, 0.25) is 0 Å². The Morgan fingerprint density at radius 3 is 3.00 bits per heavy atom. The molecule has 1 aromatic heterocycles. The Kier molecular flexibility index (Phi) is 3.50. The van der Waals surface area contributed by atoms with Crippen LogP contribution in [0.4, 0.5) is 0 Å². The van der Waals surface area contributed by atoms with Crippen LogP contribution in [0.3, 0.4) is 0 Å². The van der Waals surface area contributed by atoms with Crippen LogP contribution in [0, 0.1) is 5.92 Å². The molecule has 1 heterocycles. The van der Waals surface area contributed by atoms with Gasteiger partial charge in [0.1, 0.15) is 5.76 Å². The number of ether oxygens (including phenoxy) is 1. The Morgan fingerprint density at radius 2 is 2.35 bits per heavy atom. The van der Waals surface area contributed by atoms with Crippen molar-refractivity contribution in [3.05, 3.63) is 17.3 Å². The quantitative estimate of drug-likeness (QED) is 0.758. The van der Waals surface area contributed by atoms with E-state index in [4.69, 9.17) is 9.15 Å². The summed E-state index contributed by atoms with van der Waals surface area (Å²) in [6, 6.07) is 0. The van der Waals surface area contributed by atoms with E-state index >= 15 is 0 Å². The topological polar surface area (TPSA) is 52.3 Å². The fourth-order valence-corrected chi connectivity index (χ4v) is 2.10. The second-order valence-electron chi connectivity index (χ2n) is 4.77. The SMILES string of the molecule is CCOC(=O)C1CCc2nc(C(C)C)oc2C1. The Morgan fingerprint density at radius 1 is 1.59 bits per heavy atom. The molecule has 0 saturated carbocycles. The van der Waals surface area contributed by atoms with Gasteiger partial charge in [-0.3, -0.25) is 4.79 Å². The average molecular weight is 237 g/mol. The summed E-state index contributed by atoms with van der Waals surface area (Å²) in [7, 11) is 0. The number of aromatic nitrogens is 1. The lowest BCUT2D eigenvalue weighted by molar-refractivity contribution is -0.148. The van der Waals surface area contributed by atoms with Crippen molar-refractivity contribution in [3.63, 3.8) is 0 Å². The van der Waals surface area contributed by atoms with Gasteiger partial charge in [-0.05, 0) is 19.8 Å². The summed E-state index contributed by atoms with van der Waals surface area (Å²) < 4.78 is 10.8. The highest BCUT2D eigenvalue weighted by atomic mass is 16.5. The van der Waals surface area contributed by atoms with Gasteiger partial charge in [-0.2, -0.15) is 0 Å². The van der Waals surface area contributed by atoms with E-state index in [9.17, 15) is 4.79 Å². The van der Waals surface area contributed by atoms with Crippen LogP contribution in [-0.2, 0) is 22.4 Å². The fourth-order valence-electron chi connectivity index (χ4n) is 2.10. The molecule has 1 atom stereocenters. The molecule has 2 rings (SSSR count). The van der Waals surface area contributed by atoms with Crippen molar-refractivity contribution in [1.29, 1.82) is 0 Å². The Balaban J connectivity index is 2.10. The van der Waals surface area contributed by atoms with Gasteiger partial charge in [0.15, 0.2) is 5.89 Å². The van der Waals surface area contributed by atoms with Crippen molar-refractivity contribution in [2.45, 2.75) is 46.0 Å². The van der Waals surface area contributed by atoms with Crippen LogP contribution in [0.15, 0.2) is 4.42 Å². The predicted octanol–water partition coefficient (Wildman–Crippen LogP) is 2.47. The zero-order valence-electron chi connectivity index (χ0n) is 10.7. The summed E-state index contributed by atoms with van der Waals surface area (Å²) in [4.78, 5) is 16.1. The smallest absolute Gasteiger partial charge is 0.309 e. The maximum Gasteiger partial charge on any atom is 0.309 e. The first-order chi connectivity index (χ1) is 8.11. The molecule has 0 radical (unpaired) electrons. The van der Waals surface area contributed by atoms with E-state index in [1.807, 2.05) is 6.92 Å². The Labute approximate surface area is 101 Å². The molecule has 0 fully saturated rings. The molecule has 0 saturated heterocycles. The van der Waals surface area contributed by atoms with Crippen molar-refractivity contribution >= 4 is 5.97 Å². The van der Waals surface area contributed by atoms with Gasteiger partial charge in [-0.25, -0.2) is 4.98 Å². The van der Waals surface area contributed by atoms with E-state index in [1.54, 1.807) is 0 Å². The van der Waals surface area contributed by atoms with Crippen LogP contribution < -0.4 is 0 Å².